The second-order valence-electron chi connectivity index (χ2n) is 6.05. The van der Waals surface area contributed by atoms with E-state index in [0.29, 0.717) is 25.7 Å². The van der Waals surface area contributed by atoms with Gasteiger partial charge in [0.2, 0.25) is 0 Å². The van der Waals surface area contributed by atoms with Gasteiger partial charge in [-0.25, -0.2) is 0 Å². The topological polar surface area (TPSA) is 135 Å². The normalized spacial score (nSPS) is 10.9. The molecule has 0 aliphatic heterocycles. The highest BCUT2D eigenvalue weighted by Crippen LogP contribution is 2.03. The summed E-state index contributed by atoms with van der Waals surface area (Å²) < 4.78 is 57.7. The Hall–Kier alpha value is -1.88. The number of aromatic nitrogens is 2. The number of nitrogens with zero attached hydrogens (tertiary/aromatic N) is 2. The molecule has 158 valence electrons. The molecule has 0 bridgehead atoms. The van der Waals surface area contributed by atoms with Gasteiger partial charge in [-0.05, 0) is 49.9 Å². The zero-order valence-electron chi connectivity index (χ0n) is 16.1. The molecule has 0 unspecified atom stereocenters. The third-order valence-electron chi connectivity index (χ3n) is 3.17. The van der Waals surface area contributed by atoms with Crippen LogP contribution < -0.4 is 0 Å². The van der Waals surface area contributed by atoms with Gasteiger partial charge in [0.1, 0.15) is 0 Å². The van der Waals surface area contributed by atoms with Gasteiger partial charge in [0, 0.05) is 24.8 Å². The van der Waals surface area contributed by atoms with E-state index in [2.05, 4.69) is 9.97 Å². The Morgan fingerprint density at radius 1 is 0.714 bits per heavy atom. The molecule has 0 aliphatic rings. The first-order valence-electron chi connectivity index (χ1n) is 8.63. The molecule has 2 aromatic rings. The Morgan fingerprint density at radius 2 is 1.07 bits per heavy atom. The highest BCUT2D eigenvalue weighted by molar-refractivity contribution is 7.86. The number of pyridine rings is 2. The summed E-state index contributed by atoms with van der Waals surface area (Å²) in [5, 5.41) is 0. The predicted molar refractivity (Wildman–Crippen MR) is 109 cm³/mol. The molecule has 8 nitrogen and oxygen atoms in total. The summed E-state index contributed by atoms with van der Waals surface area (Å²) in [7, 11) is -7.81. The largest absolute Gasteiger partial charge is 0.286 e. The second kappa shape index (κ2) is 14.2. The third kappa shape index (κ3) is 20.4. The van der Waals surface area contributed by atoms with Crippen LogP contribution in [0.3, 0.4) is 0 Å². The summed E-state index contributed by atoms with van der Waals surface area (Å²) in [6.45, 7) is 4.04. The van der Waals surface area contributed by atoms with Gasteiger partial charge in [-0.15, -0.1) is 0 Å². The van der Waals surface area contributed by atoms with E-state index < -0.39 is 20.2 Å². The van der Waals surface area contributed by atoms with Crippen LogP contribution in [0.5, 0.6) is 0 Å². The summed E-state index contributed by atoms with van der Waals surface area (Å²) >= 11 is 0. The minimum Gasteiger partial charge on any atom is -0.286 e. The molecule has 2 aromatic heterocycles. The summed E-state index contributed by atoms with van der Waals surface area (Å²) in [6, 6.07) is 7.89. The molecular formula is C18H28N2O6S2. The first-order valence-corrected chi connectivity index (χ1v) is 11.8. The zero-order valence-corrected chi connectivity index (χ0v) is 17.7. The lowest BCUT2D eigenvalue weighted by molar-refractivity contribution is 0.473. The molecule has 2 N–H and O–H groups in total. The van der Waals surface area contributed by atoms with Crippen LogP contribution in [0.1, 0.15) is 36.8 Å². The van der Waals surface area contributed by atoms with Crippen molar-refractivity contribution in [1.29, 1.82) is 0 Å². The predicted octanol–water partition coefficient (Wildman–Crippen LogP) is 3.10. The molecule has 10 heteroatoms. The van der Waals surface area contributed by atoms with Gasteiger partial charge in [0.05, 0.1) is 11.5 Å². The monoisotopic (exact) mass is 432 g/mol. The maximum absolute atomic E-state index is 10.2. The molecule has 28 heavy (non-hydrogen) atoms. The standard InChI is InChI=1S/2C6H7N.C6H14O6S2/c2*1-6-3-2-4-7-5-6;7-13(8,9)5-3-1-2-4-6-14(10,11)12/h2*2-5H,1H3;1-6H2,(H,7,8,9)(H,10,11,12). The number of hydrogen-bond donors (Lipinski definition) is 2. The molecule has 0 amide bonds. The van der Waals surface area contributed by atoms with Gasteiger partial charge in [-0.1, -0.05) is 25.0 Å². The van der Waals surface area contributed by atoms with E-state index in [0.717, 1.165) is 0 Å². The molecule has 0 fully saturated rings. The highest BCUT2D eigenvalue weighted by Gasteiger charge is 2.05. The van der Waals surface area contributed by atoms with Crippen molar-refractivity contribution < 1.29 is 25.9 Å². The van der Waals surface area contributed by atoms with Crippen LogP contribution in [-0.4, -0.2) is 47.4 Å². The van der Waals surface area contributed by atoms with Crippen molar-refractivity contribution >= 4 is 20.2 Å². The molecule has 2 heterocycles. The molecule has 0 aromatic carbocycles. The minimum absolute atomic E-state index is 0.296. The first kappa shape index (κ1) is 26.1. The lowest BCUT2D eigenvalue weighted by Gasteiger charge is -1.98. The van der Waals surface area contributed by atoms with Crippen molar-refractivity contribution in [2.45, 2.75) is 39.5 Å². The van der Waals surface area contributed by atoms with Crippen LogP contribution >= 0.6 is 0 Å². The lowest BCUT2D eigenvalue weighted by Crippen LogP contribution is -2.05. The molecule has 0 saturated carbocycles. The summed E-state index contributed by atoms with van der Waals surface area (Å²) in [5.41, 5.74) is 2.42. The number of rotatable bonds is 7. The van der Waals surface area contributed by atoms with E-state index in [1.54, 1.807) is 12.4 Å². The Bertz CT molecular complexity index is 769. The molecule has 2 rings (SSSR count). The van der Waals surface area contributed by atoms with E-state index in [1.807, 2.05) is 50.5 Å². The Morgan fingerprint density at radius 3 is 1.25 bits per heavy atom. The van der Waals surface area contributed by atoms with E-state index in [1.165, 1.54) is 11.1 Å². The van der Waals surface area contributed by atoms with Gasteiger partial charge < -0.3 is 0 Å². The van der Waals surface area contributed by atoms with Crippen LogP contribution in [0.4, 0.5) is 0 Å². The van der Waals surface area contributed by atoms with Crippen LogP contribution in [0.2, 0.25) is 0 Å². The quantitative estimate of drug-likeness (QED) is 0.503. The smallest absolute Gasteiger partial charge is 0.264 e. The fourth-order valence-corrected chi connectivity index (χ4v) is 2.96. The third-order valence-corrected chi connectivity index (χ3v) is 4.78. The zero-order chi connectivity index (χ0) is 21.5. The molecule has 0 atom stereocenters. The summed E-state index contributed by atoms with van der Waals surface area (Å²) in [4.78, 5) is 7.77. The van der Waals surface area contributed by atoms with Crippen molar-refractivity contribution in [3.63, 3.8) is 0 Å². The van der Waals surface area contributed by atoms with Crippen LogP contribution in [0.25, 0.3) is 0 Å². The highest BCUT2D eigenvalue weighted by atomic mass is 32.2. The average Bonchev–Trinajstić information content (AvgIpc) is 2.59. The second-order valence-corrected chi connectivity index (χ2v) is 9.19. The Balaban J connectivity index is 0.000000431. The van der Waals surface area contributed by atoms with Crippen molar-refractivity contribution in [1.82, 2.24) is 9.97 Å². The lowest BCUT2D eigenvalue weighted by atomic mass is 10.2. The van der Waals surface area contributed by atoms with E-state index in [9.17, 15) is 16.8 Å². The van der Waals surface area contributed by atoms with Crippen molar-refractivity contribution in [3.05, 3.63) is 60.2 Å². The molecular weight excluding hydrogens is 404 g/mol. The fourth-order valence-electron chi connectivity index (χ4n) is 1.82. The van der Waals surface area contributed by atoms with Gasteiger partial charge in [-0.2, -0.15) is 16.8 Å². The number of hydrogen-bond acceptors (Lipinski definition) is 6. The van der Waals surface area contributed by atoms with E-state index in [4.69, 9.17) is 9.11 Å². The number of aryl methyl sites for hydroxylation is 2. The summed E-state index contributed by atoms with van der Waals surface area (Å²) in [6.07, 6.45) is 8.82. The van der Waals surface area contributed by atoms with E-state index >= 15 is 0 Å². The van der Waals surface area contributed by atoms with Gasteiger partial charge in [-0.3, -0.25) is 19.1 Å². The fraction of sp³-hybridized carbons (Fsp3) is 0.444. The molecule has 0 saturated heterocycles. The Kier molecular flexibility index (Phi) is 13.2. The van der Waals surface area contributed by atoms with Gasteiger partial charge in [0.15, 0.2) is 0 Å². The van der Waals surface area contributed by atoms with Crippen molar-refractivity contribution in [2.75, 3.05) is 11.5 Å². The summed E-state index contributed by atoms with van der Waals surface area (Å²) in [5.74, 6) is -0.613. The average molecular weight is 433 g/mol. The van der Waals surface area contributed by atoms with Crippen molar-refractivity contribution in [3.8, 4) is 0 Å². The molecule has 0 radical (unpaired) electrons. The first-order chi connectivity index (χ1) is 13.0. The minimum atomic E-state index is -3.91. The maximum Gasteiger partial charge on any atom is 0.264 e. The Labute approximate surface area is 167 Å². The number of unbranched alkanes of at least 4 members (excludes halogenated alkanes) is 3. The van der Waals surface area contributed by atoms with E-state index in [-0.39, 0.29) is 11.5 Å². The molecule has 0 spiro atoms. The molecule has 0 aliphatic carbocycles. The van der Waals surface area contributed by atoms with Crippen molar-refractivity contribution in [2.24, 2.45) is 0 Å². The van der Waals surface area contributed by atoms with Crippen LogP contribution in [-0.2, 0) is 20.2 Å². The maximum atomic E-state index is 10.2. The van der Waals surface area contributed by atoms with Crippen LogP contribution in [0.15, 0.2) is 49.1 Å². The SMILES string of the molecule is Cc1cccnc1.Cc1cccnc1.O=S(=O)(O)CCCCCCS(=O)(=O)O. The van der Waals surface area contributed by atoms with Gasteiger partial charge >= 0.3 is 0 Å². The van der Waals surface area contributed by atoms with Gasteiger partial charge in [0.25, 0.3) is 20.2 Å². The van der Waals surface area contributed by atoms with Crippen LogP contribution in [0, 0.1) is 13.8 Å².